The fourth-order valence-corrected chi connectivity index (χ4v) is 3.16. The van der Waals surface area contributed by atoms with Gasteiger partial charge in [0, 0.05) is 35.8 Å². The molecule has 5 heteroatoms. The Hall–Kier alpha value is -0.230. The minimum Gasteiger partial charge on any atom is -0.396 e. The lowest BCUT2D eigenvalue weighted by molar-refractivity contribution is 0.295. The van der Waals surface area contributed by atoms with Gasteiger partial charge in [-0.25, -0.2) is 0 Å². The molecule has 0 aliphatic heterocycles. The number of aliphatic hydroxyl groups is 2. The molecule has 2 N–H and O–H groups in total. The van der Waals surface area contributed by atoms with Crippen molar-refractivity contribution in [1.82, 2.24) is 0 Å². The first-order valence-corrected chi connectivity index (χ1v) is 5.24. The lowest BCUT2D eigenvalue weighted by atomic mass is 10.3. The third kappa shape index (κ3) is 2.38. The largest absolute Gasteiger partial charge is 0.396 e. The minimum atomic E-state index is 0.0434. The molecule has 12 heavy (non-hydrogen) atoms. The van der Waals surface area contributed by atoms with Gasteiger partial charge in [0.05, 0.1) is 0 Å². The predicted molar refractivity (Wildman–Crippen MR) is 50.0 cm³/mol. The van der Waals surface area contributed by atoms with Gasteiger partial charge in [0.2, 0.25) is 0 Å². The number of hydrogen-bond donors (Lipinski definition) is 2. The van der Waals surface area contributed by atoms with E-state index in [0.29, 0.717) is 12.8 Å². The highest BCUT2D eigenvalue weighted by molar-refractivity contribution is 7.27. The number of hydrogen-bond acceptors (Lipinski definition) is 5. The number of aliphatic hydroxyl groups excluding tert-OH is 2. The van der Waals surface area contributed by atoms with E-state index in [9.17, 15) is 4.79 Å². The van der Waals surface area contributed by atoms with Crippen molar-refractivity contribution in [2.24, 2.45) is 0 Å². The lowest BCUT2D eigenvalue weighted by Crippen LogP contribution is -1.94. The van der Waals surface area contributed by atoms with Crippen LogP contribution in [-0.4, -0.2) is 23.4 Å². The second-order valence-corrected chi connectivity index (χ2v) is 4.64. The molecule has 3 nitrogen and oxygen atoms in total. The molecule has 0 amide bonds. The summed E-state index contributed by atoms with van der Waals surface area (Å²) < 4.78 is 0.0434. The summed E-state index contributed by atoms with van der Waals surface area (Å²) in [6.07, 6.45) is 1.05. The van der Waals surface area contributed by atoms with Gasteiger partial charge in [-0.15, -0.1) is 0 Å². The second-order valence-electron chi connectivity index (χ2n) is 2.25. The molecule has 1 aromatic rings. The van der Waals surface area contributed by atoms with Crippen molar-refractivity contribution in [3.8, 4) is 0 Å². The zero-order valence-corrected chi connectivity index (χ0v) is 8.08. The van der Waals surface area contributed by atoms with Crippen LogP contribution in [0.4, 0.5) is 0 Å². The molecular weight excluding hydrogens is 196 g/mol. The van der Waals surface area contributed by atoms with Crippen LogP contribution in [0.1, 0.15) is 9.75 Å². The molecular formula is C7H10O3S2. The monoisotopic (exact) mass is 206 g/mol. The Labute approximate surface area is 77.9 Å². The van der Waals surface area contributed by atoms with E-state index in [1.807, 2.05) is 0 Å². The first-order valence-electron chi connectivity index (χ1n) is 3.61. The summed E-state index contributed by atoms with van der Waals surface area (Å²) in [5.41, 5.74) is 0. The zero-order valence-electron chi connectivity index (χ0n) is 6.45. The van der Waals surface area contributed by atoms with Crippen LogP contribution in [0.5, 0.6) is 0 Å². The van der Waals surface area contributed by atoms with E-state index in [4.69, 9.17) is 10.2 Å². The van der Waals surface area contributed by atoms with Crippen LogP contribution in [0.15, 0.2) is 4.79 Å². The number of rotatable bonds is 4. The summed E-state index contributed by atoms with van der Waals surface area (Å²) in [4.78, 5) is 12.8. The maximum Gasteiger partial charge on any atom is 0.287 e. The van der Waals surface area contributed by atoms with E-state index in [1.165, 1.54) is 22.7 Å². The van der Waals surface area contributed by atoms with Crippen LogP contribution in [0.2, 0.25) is 0 Å². The minimum absolute atomic E-state index is 0.0434. The third-order valence-electron chi connectivity index (χ3n) is 1.40. The highest BCUT2D eigenvalue weighted by atomic mass is 32.2. The van der Waals surface area contributed by atoms with E-state index >= 15 is 0 Å². The van der Waals surface area contributed by atoms with Crippen LogP contribution in [0, 0.1) is 0 Å². The van der Waals surface area contributed by atoms with Crippen LogP contribution in [0.3, 0.4) is 0 Å². The van der Waals surface area contributed by atoms with Gasteiger partial charge in [0.25, 0.3) is 4.06 Å². The van der Waals surface area contributed by atoms with Crippen molar-refractivity contribution in [1.29, 1.82) is 0 Å². The normalized spacial score (nSPS) is 10.5. The molecule has 68 valence electrons. The van der Waals surface area contributed by atoms with Crippen LogP contribution < -0.4 is 4.06 Å². The zero-order chi connectivity index (χ0) is 8.97. The molecule has 1 heterocycles. The molecule has 1 rings (SSSR count). The van der Waals surface area contributed by atoms with Crippen LogP contribution in [0.25, 0.3) is 0 Å². The Balaban J connectivity index is 2.84. The van der Waals surface area contributed by atoms with Crippen molar-refractivity contribution >= 4 is 22.7 Å². The first kappa shape index (κ1) is 9.85. The summed E-state index contributed by atoms with van der Waals surface area (Å²) >= 11 is 2.34. The summed E-state index contributed by atoms with van der Waals surface area (Å²) in [7, 11) is 0. The van der Waals surface area contributed by atoms with Crippen molar-refractivity contribution < 1.29 is 10.2 Å². The standard InChI is InChI=1S/C7H10O3S2/c8-3-1-5-6(2-4-9)12-7(10)11-5/h8-9H,1-4H2. The fraction of sp³-hybridized carbons (Fsp3) is 0.571. The molecule has 0 aromatic carbocycles. The molecule has 0 saturated heterocycles. The van der Waals surface area contributed by atoms with Gasteiger partial charge in [0.15, 0.2) is 0 Å². The molecule has 1 aromatic heterocycles. The Morgan fingerprint density at radius 1 is 1.00 bits per heavy atom. The van der Waals surface area contributed by atoms with Crippen molar-refractivity contribution in [2.45, 2.75) is 12.8 Å². The summed E-state index contributed by atoms with van der Waals surface area (Å²) in [5.74, 6) is 0. The molecule has 0 saturated carbocycles. The van der Waals surface area contributed by atoms with Crippen LogP contribution >= 0.6 is 22.7 Å². The highest BCUT2D eigenvalue weighted by Gasteiger charge is 2.06. The van der Waals surface area contributed by atoms with Gasteiger partial charge in [-0.2, -0.15) is 0 Å². The lowest BCUT2D eigenvalue weighted by Gasteiger charge is -1.96. The summed E-state index contributed by atoms with van der Waals surface area (Å²) in [6, 6.07) is 0. The Bertz CT molecular complexity index is 263. The van der Waals surface area contributed by atoms with E-state index in [1.54, 1.807) is 0 Å². The second kappa shape index (κ2) is 4.71. The Morgan fingerprint density at radius 3 is 1.75 bits per heavy atom. The quantitative estimate of drug-likeness (QED) is 0.742. The van der Waals surface area contributed by atoms with Gasteiger partial charge in [-0.3, -0.25) is 4.79 Å². The first-order chi connectivity index (χ1) is 5.77. The molecule has 0 atom stereocenters. The molecule has 0 aliphatic carbocycles. The maximum absolute atomic E-state index is 10.9. The average Bonchev–Trinajstić information content (AvgIpc) is 2.33. The van der Waals surface area contributed by atoms with Gasteiger partial charge in [-0.1, -0.05) is 22.7 Å². The van der Waals surface area contributed by atoms with E-state index in [0.717, 1.165) is 9.75 Å². The maximum atomic E-state index is 10.9. The van der Waals surface area contributed by atoms with Gasteiger partial charge in [0.1, 0.15) is 0 Å². The van der Waals surface area contributed by atoms with Crippen LogP contribution in [-0.2, 0) is 12.8 Å². The fourth-order valence-electron chi connectivity index (χ4n) is 0.920. The molecule has 0 bridgehead atoms. The van der Waals surface area contributed by atoms with E-state index < -0.39 is 0 Å². The molecule has 0 unspecified atom stereocenters. The molecule has 0 radical (unpaired) electrons. The molecule has 0 aliphatic rings. The topological polar surface area (TPSA) is 57.5 Å². The Kier molecular flexibility index (Phi) is 3.87. The Morgan fingerprint density at radius 2 is 1.42 bits per heavy atom. The highest BCUT2D eigenvalue weighted by Crippen LogP contribution is 2.17. The van der Waals surface area contributed by atoms with Crippen molar-refractivity contribution in [3.63, 3.8) is 0 Å². The third-order valence-corrected chi connectivity index (χ3v) is 3.76. The van der Waals surface area contributed by atoms with Crippen molar-refractivity contribution in [2.75, 3.05) is 13.2 Å². The summed E-state index contributed by atoms with van der Waals surface area (Å²) in [6.45, 7) is 0.121. The van der Waals surface area contributed by atoms with Gasteiger partial charge < -0.3 is 10.2 Å². The van der Waals surface area contributed by atoms with E-state index in [2.05, 4.69) is 0 Å². The summed E-state index contributed by atoms with van der Waals surface area (Å²) in [5, 5.41) is 17.3. The van der Waals surface area contributed by atoms with Gasteiger partial charge >= 0.3 is 0 Å². The van der Waals surface area contributed by atoms with E-state index in [-0.39, 0.29) is 17.3 Å². The molecule has 0 fully saturated rings. The average molecular weight is 206 g/mol. The molecule has 0 spiro atoms. The smallest absolute Gasteiger partial charge is 0.287 e. The van der Waals surface area contributed by atoms with Gasteiger partial charge in [-0.05, 0) is 0 Å². The SMILES string of the molecule is O=c1sc(CCO)c(CCO)s1. The predicted octanol–water partition coefficient (Wildman–Crippen LogP) is 0.239. The van der Waals surface area contributed by atoms with Crippen molar-refractivity contribution in [3.05, 3.63) is 18.6 Å².